The molecule has 0 atom stereocenters. The van der Waals surface area contributed by atoms with Crippen LogP contribution in [0.3, 0.4) is 0 Å². The first-order valence-corrected chi connectivity index (χ1v) is 4.68. The van der Waals surface area contributed by atoms with E-state index in [1.807, 2.05) is 37.3 Å². The van der Waals surface area contributed by atoms with E-state index in [1.54, 1.807) is 0 Å². The van der Waals surface area contributed by atoms with Gasteiger partial charge in [-0.25, -0.2) is 0 Å². The molecule has 0 radical (unpaired) electrons. The molecule has 0 amide bonds. The van der Waals surface area contributed by atoms with E-state index in [0.29, 0.717) is 6.42 Å². The summed E-state index contributed by atoms with van der Waals surface area (Å²) in [6.07, 6.45) is 0.482. The van der Waals surface area contributed by atoms with Gasteiger partial charge in [0.2, 0.25) is 0 Å². The van der Waals surface area contributed by atoms with Gasteiger partial charge in [-0.3, -0.25) is 4.79 Å². The molecule has 0 spiro atoms. The third kappa shape index (κ3) is 1.31. The van der Waals surface area contributed by atoms with Crippen molar-refractivity contribution in [3.05, 3.63) is 53.6 Å². The van der Waals surface area contributed by atoms with Crippen LogP contribution in [0.4, 0.5) is 0 Å². The van der Waals surface area contributed by atoms with Crippen molar-refractivity contribution < 1.29 is 4.79 Å². The molecule has 1 nitrogen and oxygen atoms in total. The molecule has 0 fully saturated rings. The average molecular weight is 184 g/mol. The smallest absolute Gasteiger partial charge is 0.163 e. The largest absolute Gasteiger partial charge is 0.294 e. The zero-order chi connectivity index (χ0) is 10.1. The van der Waals surface area contributed by atoms with Crippen molar-refractivity contribution in [2.45, 2.75) is 13.3 Å². The van der Waals surface area contributed by atoms with Gasteiger partial charge in [0.1, 0.15) is 0 Å². The number of ketones is 1. The zero-order valence-corrected chi connectivity index (χ0v) is 8.21. The van der Waals surface area contributed by atoms with Gasteiger partial charge in [0, 0.05) is 12.0 Å². The van der Waals surface area contributed by atoms with Crippen molar-refractivity contribution in [3.63, 3.8) is 0 Å². The summed E-state index contributed by atoms with van der Waals surface area (Å²) in [5.41, 5.74) is 3.93. The summed E-state index contributed by atoms with van der Waals surface area (Å²) in [7, 11) is 0. The number of hydrogen-bond donors (Lipinski definition) is 0. The molecule has 0 aliphatic heterocycles. The van der Waals surface area contributed by atoms with Crippen molar-refractivity contribution >= 4 is 11.4 Å². The number of allylic oxidation sites excluding steroid dienone is 3. The van der Waals surface area contributed by atoms with Crippen molar-refractivity contribution in [2.75, 3.05) is 0 Å². The minimum absolute atomic E-state index is 0.203. The van der Waals surface area contributed by atoms with E-state index in [2.05, 4.69) is 6.58 Å². The summed E-state index contributed by atoms with van der Waals surface area (Å²) in [4.78, 5) is 11.4. The molecule has 1 aliphatic rings. The molecule has 0 heterocycles. The number of carbonyl (C=O) groups is 1. The molecule has 0 unspecified atom stereocenters. The van der Waals surface area contributed by atoms with Crippen molar-refractivity contribution in [3.8, 4) is 0 Å². The van der Waals surface area contributed by atoms with Gasteiger partial charge in [0.05, 0.1) is 0 Å². The van der Waals surface area contributed by atoms with Crippen LogP contribution >= 0.6 is 0 Å². The maximum Gasteiger partial charge on any atom is 0.163 e. The van der Waals surface area contributed by atoms with Gasteiger partial charge >= 0.3 is 0 Å². The van der Waals surface area contributed by atoms with Crippen molar-refractivity contribution in [1.29, 1.82) is 0 Å². The van der Waals surface area contributed by atoms with Crippen LogP contribution in [0, 0.1) is 0 Å². The standard InChI is InChI=1S/C13H12O/c1-9-8-12(14)10(2)13(9)11-6-4-3-5-7-11/h3-7H,1,8H2,2H3. The van der Waals surface area contributed by atoms with Crippen LogP contribution < -0.4 is 0 Å². The molecule has 70 valence electrons. The molecule has 0 aromatic heterocycles. The van der Waals surface area contributed by atoms with Gasteiger partial charge in [-0.2, -0.15) is 0 Å². The fourth-order valence-electron chi connectivity index (χ4n) is 1.84. The first-order chi connectivity index (χ1) is 6.70. The highest BCUT2D eigenvalue weighted by molar-refractivity contribution is 6.12. The summed E-state index contributed by atoms with van der Waals surface area (Å²) in [6, 6.07) is 9.96. The Hall–Kier alpha value is -1.63. The van der Waals surface area contributed by atoms with E-state index in [4.69, 9.17) is 0 Å². The first kappa shape index (κ1) is 8.95. The molecule has 2 rings (SSSR count). The third-order valence-corrected chi connectivity index (χ3v) is 2.58. The maximum atomic E-state index is 11.4. The van der Waals surface area contributed by atoms with Crippen molar-refractivity contribution in [2.24, 2.45) is 0 Å². The SMILES string of the molecule is C=C1CC(=O)C(C)=C1c1ccccc1. The predicted molar refractivity (Wildman–Crippen MR) is 57.8 cm³/mol. The summed E-state index contributed by atoms with van der Waals surface area (Å²) >= 11 is 0. The average Bonchev–Trinajstić information content (AvgIpc) is 2.43. The summed E-state index contributed by atoms with van der Waals surface area (Å²) < 4.78 is 0. The normalized spacial score (nSPS) is 16.6. The van der Waals surface area contributed by atoms with Gasteiger partial charge in [0.15, 0.2) is 5.78 Å². The lowest BCUT2D eigenvalue weighted by atomic mass is 10.0. The number of rotatable bonds is 1. The molecule has 0 saturated heterocycles. The second kappa shape index (κ2) is 3.26. The van der Waals surface area contributed by atoms with E-state index in [9.17, 15) is 4.79 Å². The molecule has 1 heteroatoms. The van der Waals surface area contributed by atoms with E-state index < -0.39 is 0 Å². The molecule has 0 bridgehead atoms. The summed E-state index contributed by atoms with van der Waals surface area (Å²) in [6.45, 7) is 5.81. The van der Waals surface area contributed by atoms with Crippen LogP contribution in [-0.2, 0) is 4.79 Å². The highest BCUT2D eigenvalue weighted by Crippen LogP contribution is 2.34. The Morgan fingerprint density at radius 2 is 1.86 bits per heavy atom. The molecular weight excluding hydrogens is 172 g/mol. The van der Waals surface area contributed by atoms with Crippen LogP contribution in [0.5, 0.6) is 0 Å². The summed E-state index contributed by atoms with van der Waals surface area (Å²) in [5, 5.41) is 0. The Bertz CT molecular complexity index is 424. The van der Waals surface area contributed by atoms with E-state index in [1.165, 1.54) is 0 Å². The number of benzene rings is 1. The quantitative estimate of drug-likeness (QED) is 0.655. The van der Waals surface area contributed by atoms with Gasteiger partial charge in [-0.15, -0.1) is 0 Å². The Morgan fingerprint density at radius 3 is 2.36 bits per heavy atom. The lowest BCUT2D eigenvalue weighted by Gasteiger charge is -2.04. The number of Topliss-reactive ketones (excluding diaryl/α,β-unsaturated/α-hetero) is 1. The highest BCUT2D eigenvalue weighted by Gasteiger charge is 2.23. The van der Waals surface area contributed by atoms with E-state index in [-0.39, 0.29) is 5.78 Å². The fourth-order valence-corrected chi connectivity index (χ4v) is 1.84. The van der Waals surface area contributed by atoms with Crippen LogP contribution in [0.15, 0.2) is 48.1 Å². The second-order valence-corrected chi connectivity index (χ2v) is 3.57. The second-order valence-electron chi connectivity index (χ2n) is 3.57. The van der Waals surface area contributed by atoms with Gasteiger partial charge < -0.3 is 0 Å². The monoisotopic (exact) mass is 184 g/mol. The Morgan fingerprint density at radius 1 is 1.21 bits per heavy atom. The molecule has 1 aromatic rings. The van der Waals surface area contributed by atoms with Crippen molar-refractivity contribution in [1.82, 2.24) is 0 Å². The maximum absolute atomic E-state index is 11.4. The minimum atomic E-state index is 0.203. The minimum Gasteiger partial charge on any atom is -0.294 e. The topological polar surface area (TPSA) is 17.1 Å². The van der Waals surface area contributed by atoms with E-state index >= 15 is 0 Å². The molecule has 1 aliphatic carbocycles. The number of carbonyl (C=O) groups excluding carboxylic acids is 1. The van der Waals surface area contributed by atoms with Gasteiger partial charge in [-0.1, -0.05) is 36.9 Å². The molecule has 1 aromatic carbocycles. The molecular formula is C13H12O. The Balaban J connectivity index is 2.54. The van der Waals surface area contributed by atoms with Crippen LogP contribution in [0.1, 0.15) is 18.9 Å². The summed E-state index contributed by atoms with van der Waals surface area (Å²) in [5.74, 6) is 0.203. The molecule has 0 saturated carbocycles. The van der Waals surface area contributed by atoms with Crippen LogP contribution in [-0.4, -0.2) is 5.78 Å². The van der Waals surface area contributed by atoms with Crippen LogP contribution in [0.2, 0.25) is 0 Å². The fraction of sp³-hybridized carbons (Fsp3) is 0.154. The first-order valence-electron chi connectivity index (χ1n) is 4.68. The lowest BCUT2D eigenvalue weighted by molar-refractivity contribution is -0.114. The van der Waals surface area contributed by atoms with Gasteiger partial charge in [-0.05, 0) is 23.6 Å². The van der Waals surface area contributed by atoms with E-state index in [0.717, 1.165) is 22.3 Å². The predicted octanol–water partition coefficient (Wildman–Crippen LogP) is 2.99. The zero-order valence-electron chi connectivity index (χ0n) is 8.21. The lowest BCUT2D eigenvalue weighted by Crippen LogP contribution is -1.90. The molecule has 0 N–H and O–H groups in total. The van der Waals surface area contributed by atoms with Gasteiger partial charge in [0.25, 0.3) is 0 Å². The third-order valence-electron chi connectivity index (χ3n) is 2.58. The Kier molecular flexibility index (Phi) is 2.08. The highest BCUT2D eigenvalue weighted by atomic mass is 16.1. The van der Waals surface area contributed by atoms with Crippen LogP contribution in [0.25, 0.3) is 5.57 Å². The molecule has 14 heavy (non-hydrogen) atoms. The number of hydrogen-bond acceptors (Lipinski definition) is 1. The Labute approximate surface area is 83.8 Å².